The summed E-state index contributed by atoms with van der Waals surface area (Å²) in [4.78, 5) is 23.5. The normalized spacial score (nSPS) is 11.0. The van der Waals surface area contributed by atoms with Crippen LogP contribution >= 0.6 is 11.6 Å². The van der Waals surface area contributed by atoms with Crippen LogP contribution < -0.4 is 0 Å². The van der Waals surface area contributed by atoms with Crippen molar-refractivity contribution in [3.05, 3.63) is 45.0 Å². The van der Waals surface area contributed by atoms with E-state index in [1.165, 1.54) is 24.3 Å². The van der Waals surface area contributed by atoms with E-state index in [4.69, 9.17) is 11.6 Å². The smallest absolute Gasteiger partial charge is 0.288 e. The van der Waals surface area contributed by atoms with Crippen LogP contribution in [0.3, 0.4) is 0 Å². The lowest BCUT2D eigenvalue weighted by Gasteiger charge is -2.19. The second kappa shape index (κ2) is 6.33. The minimum Gasteiger partial charge on any atom is -0.340 e. The van der Waals surface area contributed by atoms with Gasteiger partial charge in [-0.1, -0.05) is 17.7 Å². The summed E-state index contributed by atoms with van der Waals surface area (Å²) in [6, 6.07) is 4.49. The predicted molar refractivity (Wildman–Crippen MR) is 75.0 cm³/mol. The van der Waals surface area contributed by atoms with E-state index in [2.05, 4.69) is 0 Å². The quantitative estimate of drug-likeness (QED) is 0.484. The molecule has 0 atom stereocenters. The van der Waals surface area contributed by atoms with Crippen LogP contribution in [0.25, 0.3) is 6.08 Å². The Morgan fingerprint density at radius 1 is 1.47 bits per heavy atom. The summed E-state index contributed by atoms with van der Waals surface area (Å²) in [6.45, 7) is 3.80. The van der Waals surface area contributed by atoms with Gasteiger partial charge in [0.05, 0.1) is 4.92 Å². The molecule has 5 nitrogen and oxygen atoms in total. The van der Waals surface area contributed by atoms with Gasteiger partial charge in [0.2, 0.25) is 5.91 Å². The van der Waals surface area contributed by atoms with Crippen LogP contribution in [0, 0.1) is 10.1 Å². The molecule has 0 unspecified atom stereocenters. The van der Waals surface area contributed by atoms with Crippen LogP contribution in [-0.4, -0.2) is 28.8 Å². The monoisotopic (exact) mass is 282 g/mol. The summed E-state index contributed by atoms with van der Waals surface area (Å²) < 4.78 is 0. The Morgan fingerprint density at radius 2 is 2.11 bits per heavy atom. The van der Waals surface area contributed by atoms with Crippen molar-refractivity contribution < 1.29 is 9.72 Å². The van der Waals surface area contributed by atoms with Crippen molar-refractivity contribution in [2.24, 2.45) is 0 Å². The Morgan fingerprint density at radius 3 is 2.63 bits per heavy atom. The van der Waals surface area contributed by atoms with Crippen LogP contribution in [0.1, 0.15) is 19.4 Å². The van der Waals surface area contributed by atoms with Crippen molar-refractivity contribution in [3.8, 4) is 0 Å². The number of halogens is 1. The Balaban J connectivity index is 2.91. The maximum atomic E-state index is 11.7. The summed E-state index contributed by atoms with van der Waals surface area (Å²) in [5, 5.41) is 10.8. The molecule has 1 aromatic carbocycles. The first kappa shape index (κ1) is 15.2. The average molecular weight is 283 g/mol. The highest BCUT2D eigenvalue weighted by Gasteiger charge is 2.12. The zero-order chi connectivity index (χ0) is 14.6. The molecular weight excluding hydrogens is 268 g/mol. The third-order valence-electron chi connectivity index (χ3n) is 2.71. The van der Waals surface area contributed by atoms with Gasteiger partial charge in [-0.2, -0.15) is 0 Å². The first-order valence-electron chi connectivity index (χ1n) is 5.71. The summed E-state index contributed by atoms with van der Waals surface area (Å²) >= 11 is 5.70. The van der Waals surface area contributed by atoms with E-state index in [0.29, 0.717) is 5.56 Å². The SMILES string of the molecule is CC(C)N(C)C(=O)/C=C/c1ccc(Cl)c([N+](=O)[O-])c1. The molecule has 0 radical (unpaired) electrons. The number of benzene rings is 1. The number of hydrogen-bond acceptors (Lipinski definition) is 3. The standard InChI is InChI=1S/C13H15ClN2O3/c1-9(2)15(3)13(17)7-5-10-4-6-11(14)12(8-10)16(18)19/h4-9H,1-3H3/b7-5+. The van der Waals surface area contributed by atoms with Crippen LogP contribution in [0.2, 0.25) is 5.02 Å². The lowest BCUT2D eigenvalue weighted by Crippen LogP contribution is -2.31. The van der Waals surface area contributed by atoms with Crippen molar-refractivity contribution >= 4 is 29.3 Å². The third kappa shape index (κ3) is 4.06. The fraction of sp³-hybridized carbons (Fsp3) is 0.308. The maximum Gasteiger partial charge on any atom is 0.288 e. The largest absolute Gasteiger partial charge is 0.340 e. The van der Waals surface area contributed by atoms with Crippen LogP contribution in [-0.2, 0) is 4.79 Å². The van der Waals surface area contributed by atoms with Crippen LogP contribution in [0.15, 0.2) is 24.3 Å². The van der Waals surface area contributed by atoms with E-state index in [1.807, 2.05) is 13.8 Å². The van der Waals surface area contributed by atoms with Gasteiger partial charge in [-0.15, -0.1) is 0 Å². The minimum atomic E-state index is -0.554. The third-order valence-corrected chi connectivity index (χ3v) is 3.03. The second-order valence-electron chi connectivity index (χ2n) is 4.34. The fourth-order valence-corrected chi connectivity index (χ4v) is 1.50. The van der Waals surface area contributed by atoms with E-state index in [9.17, 15) is 14.9 Å². The van der Waals surface area contributed by atoms with E-state index in [1.54, 1.807) is 18.0 Å². The number of carbonyl (C=O) groups is 1. The van der Waals surface area contributed by atoms with E-state index < -0.39 is 4.92 Å². The molecule has 0 spiro atoms. The van der Waals surface area contributed by atoms with E-state index in [0.717, 1.165) is 0 Å². The number of nitrogens with zero attached hydrogens (tertiary/aromatic N) is 2. The molecule has 1 rings (SSSR count). The van der Waals surface area contributed by atoms with Crippen molar-refractivity contribution in [2.45, 2.75) is 19.9 Å². The van der Waals surface area contributed by atoms with Gasteiger partial charge in [-0.25, -0.2) is 0 Å². The fourth-order valence-electron chi connectivity index (χ4n) is 1.31. The van der Waals surface area contributed by atoms with E-state index in [-0.39, 0.29) is 22.7 Å². The number of likely N-dealkylation sites (N-methyl/N-ethyl adjacent to an activating group) is 1. The average Bonchev–Trinajstić information content (AvgIpc) is 2.35. The highest BCUT2D eigenvalue weighted by Crippen LogP contribution is 2.25. The predicted octanol–water partition coefficient (Wildman–Crippen LogP) is 3.13. The van der Waals surface area contributed by atoms with Gasteiger partial charge in [0, 0.05) is 25.2 Å². The molecule has 19 heavy (non-hydrogen) atoms. The number of nitro groups is 1. The molecule has 1 aromatic rings. The first-order valence-corrected chi connectivity index (χ1v) is 6.09. The van der Waals surface area contributed by atoms with Crippen molar-refractivity contribution in [1.82, 2.24) is 4.90 Å². The van der Waals surface area contributed by atoms with Crippen LogP contribution in [0.4, 0.5) is 5.69 Å². The summed E-state index contributed by atoms with van der Waals surface area (Å²) in [5.41, 5.74) is 0.384. The molecular formula is C13H15ClN2O3. The molecule has 0 heterocycles. The van der Waals surface area contributed by atoms with Gasteiger partial charge in [0.1, 0.15) is 5.02 Å². The van der Waals surface area contributed by atoms with E-state index >= 15 is 0 Å². The second-order valence-corrected chi connectivity index (χ2v) is 4.75. The van der Waals surface area contributed by atoms with Gasteiger partial charge in [-0.3, -0.25) is 14.9 Å². The molecule has 102 valence electrons. The molecule has 0 aromatic heterocycles. The number of hydrogen-bond donors (Lipinski definition) is 0. The molecule has 0 aliphatic rings. The van der Waals surface area contributed by atoms with Crippen molar-refractivity contribution in [2.75, 3.05) is 7.05 Å². The molecule has 0 saturated heterocycles. The number of rotatable bonds is 4. The molecule has 1 amide bonds. The van der Waals surface area contributed by atoms with Gasteiger partial charge >= 0.3 is 0 Å². The number of amides is 1. The zero-order valence-electron chi connectivity index (χ0n) is 11.0. The lowest BCUT2D eigenvalue weighted by molar-refractivity contribution is -0.384. The molecule has 6 heteroatoms. The molecule has 0 N–H and O–H groups in total. The molecule has 0 saturated carbocycles. The van der Waals surface area contributed by atoms with Crippen molar-refractivity contribution in [1.29, 1.82) is 0 Å². The molecule has 0 aliphatic carbocycles. The topological polar surface area (TPSA) is 63.5 Å². The summed E-state index contributed by atoms with van der Waals surface area (Å²) in [5.74, 6) is -0.160. The Hall–Kier alpha value is -1.88. The minimum absolute atomic E-state index is 0.0766. The Kier molecular flexibility index (Phi) is 5.06. The molecule has 0 aliphatic heterocycles. The highest BCUT2D eigenvalue weighted by atomic mass is 35.5. The maximum absolute atomic E-state index is 11.7. The zero-order valence-corrected chi connectivity index (χ0v) is 11.7. The first-order chi connectivity index (χ1) is 8.82. The molecule has 0 bridgehead atoms. The van der Waals surface area contributed by atoms with Gasteiger partial charge in [0.15, 0.2) is 0 Å². The van der Waals surface area contributed by atoms with Crippen molar-refractivity contribution in [3.63, 3.8) is 0 Å². The van der Waals surface area contributed by atoms with Crippen LogP contribution in [0.5, 0.6) is 0 Å². The van der Waals surface area contributed by atoms with Gasteiger partial charge in [0.25, 0.3) is 5.69 Å². The molecule has 0 fully saturated rings. The lowest BCUT2D eigenvalue weighted by atomic mass is 10.2. The Labute approximate surface area is 116 Å². The summed E-state index contributed by atoms with van der Waals surface area (Å²) in [6.07, 6.45) is 2.91. The summed E-state index contributed by atoms with van der Waals surface area (Å²) in [7, 11) is 1.70. The number of carbonyl (C=O) groups excluding carboxylic acids is 1. The van der Waals surface area contributed by atoms with Gasteiger partial charge in [-0.05, 0) is 31.6 Å². The number of nitro benzene ring substituents is 1. The Bertz CT molecular complexity index is 527. The highest BCUT2D eigenvalue weighted by molar-refractivity contribution is 6.32. The van der Waals surface area contributed by atoms with Gasteiger partial charge < -0.3 is 4.90 Å².